The van der Waals surface area contributed by atoms with Crippen LogP contribution in [0.2, 0.25) is 0 Å². The molecule has 106 valence electrons. The maximum atomic E-state index is 11.8. The molecule has 0 aromatic heterocycles. The van der Waals surface area contributed by atoms with Gasteiger partial charge in [0.15, 0.2) is 0 Å². The molecule has 1 amide bonds. The first kappa shape index (κ1) is 15.9. The third-order valence-corrected chi connectivity index (χ3v) is 3.97. The van der Waals surface area contributed by atoms with E-state index in [0.717, 1.165) is 23.4 Å². The number of anilines is 2. The Morgan fingerprint density at radius 1 is 1.53 bits per heavy atom. The van der Waals surface area contributed by atoms with E-state index >= 15 is 0 Å². The first-order valence-corrected chi connectivity index (χ1v) is 7.46. The second kappa shape index (κ2) is 8.07. The number of aliphatic hydroxyl groups is 1. The lowest BCUT2D eigenvalue weighted by atomic mass is 10.1. The Labute approximate surface area is 118 Å². The lowest BCUT2D eigenvalue weighted by molar-refractivity contribution is -0.116. The summed E-state index contributed by atoms with van der Waals surface area (Å²) in [5, 5.41) is 12.0. The average Bonchev–Trinajstić information content (AvgIpc) is 2.37. The van der Waals surface area contributed by atoms with Gasteiger partial charge in [-0.3, -0.25) is 4.79 Å². The van der Waals surface area contributed by atoms with E-state index in [0.29, 0.717) is 12.1 Å². The first-order valence-electron chi connectivity index (χ1n) is 6.41. The lowest BCUT2D eigenvalue weighted by Gasteiger charge is -2.10. The minimum Gasteiger partial charge on any atom is -0.399 e. The Balaban J connectivity index is 2.31. The highest BCUT2D eigenvalue weighted by atomic mass is 32.2. The van der Waals surface area contributed by atoms with Crippen molar-refractivity contribution >= 4 is 29.0 Å². The van der Waals surface area contributed by atoms with Gasteiger partial charge >= 0.3 is 0 Å². The van der Waals surface area contributed by atoms with Gasteiger partial charge in [-0.2, -0.15) is 11.8 Å². The fourth-order valence-corrected chi connectivity index (χ4v) is 2.43. The average molecular weight is 282 g/mol. The van der Waals surface area contributed by atoms with Crippen LogP contribution in [-0.2, 0) is 4.79 Å². The number of hydrogen-bond donors (Lipinski definition) is 3. The molecule has 1 atom stereocenters. The lowest BCUT2D eigenvalue weighted by Crippen LogP contribution is -2.13. The summed E-state index contributed by atoms with van der Waals surface area (Å²) in [4.78, 5) is 11.8. The van der Waals surface area contributed by atoms with Gasteiger partial charge in [-0.25, -0.2) is 0 Å². The van der Waals surface area contributed by atoms with Crippen molar-refractivity contribution in [2.75, 3.05) is 23.4 Å². The standard InChI is InChI=1S/C14H22N2O2S/c1-10-8-12(15)5-6-13(10)16-14(18)4-3-7-19-11(2)9-17/h5-6,8,11,17H,3-4,7,9,15H2,1-2H3,(H,16,18). The Hall–Kier alpha value is -1.20. The predicted molar refractivity (Wildman–Crippen MR) is 82.5 cm³/mol. The van der Waals surface area contributed by atoms with Crippen molar-refractivity contribution in [3.8, 4) is 0 Å². The van der Waals surface area contributed by atoms with Crippen LogP contribution in [0, 0.1) is 6.92 Å². The van der Waals surface area contributed by atoms with Gasteiger partial charge in [0, 0.05) is 23.0 Å². The summed E-state index contributed by atoms with van der Waals surface area (Å²) in [6.07, 6.45) is 1.31. The van der Waals surface area contributed by atoms with Crippen molar-refractivity contribution in [2.24, 2.45) is 0 Å². The topological polar surface area (TPSA) is 75.3 Å². The van der Waals surface area contributed by atoms with E-state index in [1.807, 2.05) is 26.0 Å². The molecule has 0 heterocycles. The SMILES string of the molecule is Cc1cc(N)ccc1NC(=O)CCCSC(C)CO. The van der Waals surface area contributed by atoms with Gasteiger partial charge in [-0.1, -0.05) is 6.92 Å². The second-order valence-corrected chi connectivity index (χ2v) is 6.14. The zero-order chi connectivity index (χ0) is 14.3. The molecule has 0 saturated heterocycles. The summed E-state index contributed by atoms with van der Waals surface area (Å²) < 4.78 is 0. The zero-order valence-electron chi connectivity index (χ0n) is 11.5. The van der Waals surface area contributed by atoms with Crippen molar-refractivity contribution in [3.63, 3.8) is 0 Å². The highest BCUT2D eigenvalue weighted by molar-refractivity contribution is 7.99. The molecule has 0 radical (unpaired) electrons. The van der Waals surface area contributed by atoms with Gasteiger partial charge in [-0.15, -0.1) is 0 Å². The minimum absolute atomic E-state index is 0.0186. The summed E-state index contributed by atoms with van der Waals surface area (Å²) in [5.41, 5.74) is 8.15. The van der Waals surface area contributed by atoms with Crippen LogP contribution in [0.5, 0.6) is 0 Å². The van der Waals surface area contributed by atoms with Gasteiger partial charge in [0.05, 0.1) is 6.61 Å². The second-order valence-electron chi connectivity index (χ2n) is 4.59. The number of aryl methyl sites for hydroxylation is 1. The van der Waals surface area contributed by atoms with Crippen LogP contribution in [0.15, 0.2) is 18.2 Å². The molecule has 1 aromatic carbocycles. The molecule has 1 unspecified atom stereocenters. The van der Waals surface area contributed by atoms with Crippen LogP contribution < -0.4 is 11.1 Å². The van der Waals surface area contributed by atoms with E-state index in [2.05, 4.69) is 5.32 Å². The highest BCUT2D eigenvalue weighted by Gasteiger charge is 2.06. The van der Waals surface area contributed by atoms with Crippen LogP contribution in [0.1, 0.15) is 25.3 Å². The van der Waals surface area contributed by atoms with Crippen molar-refractivity contribution in [3.05, 3.63) is 23.8 Å². The largest absolute Gasteiger partial charge is 0.399 e. The normalized spacial score (nSPS) is 12.2. The van der Waals surface area contributed by atoms with Crippen LogP contribution >= 0.6 is 11.8 Å². The van der Waals surface area contributed by atoms with Crippen molar-refractivity contribution < 1.29 is 9.90 Å². The van der Waals surface area contributed by atoms with Crippen LogP contribution in [-0.4, -0.2) is 28.6 Å². The molecule has 5 heteroatoms. The summed E-state index contributed by atoms with van der Waals surface area (Å²) in [6, 6.07) is 5.45. The van der Waals surface area contributed by atoms with Gasteiger partial charge in [0.25, 0.3) is 0 Å². The first-order chi connectivity index (χ1) is 9.02. The van der Waals surface area contributed by atoms with E-state index in [1.165, 1.54) is 0 Å². The Kier molecular flexibility index (Phi) is 6.73. The Morgan fingerprint density at radius 3 is 2.89 bits per heavy atom. The monoisotopic (exact) mass is 282 g/mol. The van der Waals surface area contributed by atoms with E-state index in [1.54, 1.807) is 17.8 Å². The number of amides is 1. The number of thioether (sulfide) groups is 1. The zero-order valence-corrected chi connectivity index (χ0v) is 12.3. The number of nitrogens with two attached hydrogens (primary N) is 1. The van der Waals surface area contributed by atoms with Crippen LogP contribution in [0.4, 0.5) is 11.4 Å². The minimum atomic E-state index is 0.0186. The number of rotatable bonds is 7. The van der Waals surface area contributed by atoms with E-state index < -0.39 is 0 Å². The quantitative estimate of drug-likeness (QED) is 0.530. The third kappa shape index (κ3) is 5.98. The number of hydrogen-bond acceptors (Lipinski definition) is 4. The molecular weight excluding hydrogens is 260 g/mol. The highest BCUT2D eigenvalue weighted by Crippen LogP contribution is 2.18. The molecule has 0 bridgehead atoms. The molecule has 0 saturated carbocycles. The molecule has 1 aromatic rings. The van der Waals surface area contributed by atoms with Crippen LogP contribution in [0.25, 0.3) is 0 Å². The smallest absolute Gasteiger partial charge is 0.224 e. The van der Waals surface area contributed by atoms with Crippen molar-refractivity contribution in [1.29, 1.82) is 0 Å². The molecule has 0 aliphatic rings. The Morgan fingerprint density at radius 2 is 2.26 bits per heavy atom. The summed E-state index contributed by atoms with van der Waals surface area (Å²) in [5.74, 6) is 0.903. The van der Waals surface area contributed by atoms with Gasteiger partial charge in [0.2, 0.25) is 5.91 Å². The molecule has 1 rings (SSSR count). The summed E-state index contributed by atoms with van der Waals surface area (Å²) >= 11 is 1.68. The third-order valence-electron chi connectivity index (χ3n) is 2.73. The molecule has 4 nitrogen and oxygen atoms in total. The molecule has 0 aliphatic carbocycles. The van der Waals surface area contributed by atoms with Crippen molar-refractivity contribution in [2.45, 2.75) is 31.9 Å². The molecule has 4 N–H and O–H groups in total. The van der Waals surface area contributed by atoms with Gasteiger partial charge in [0.1, 0.15) is 0 Å². The van der Waals surface area contributed by atoms with Gasteiger partial charge in [-0.05, 0) is 42.9 Å². The number of carbonyl (C=O) groups is 1. The van der Waals surface area contributed by atoms with Crippen LogP contribution in [0.3, 0.4) is 0 Å². The number of benzene rings is 1. The maximum Gasteiger partial charge on any atom is 0.224 e. The van der Waals surface area contributed by atoms with E-state index in [9.17, 15) is 4.79 Å². The molecule has 19 heavy (non-hydrogen) atoms. The van der Waals surface area contributed by atoms with E-state index in [4.69, 9.17) is 10.8 Å². The van der Waals surface area contributed by atoms with E-state index in [-0.39, 0.29) is 17.8 Å². The summed E-state index contributed by atoms with van der Waals surface area (Å²) in [7, 11) is 0. The van der Waals surface area contributed by atoms with Crippen molar-refractivity contribution in [1.82, 2.24) is 0 Å². The fourth-order valence-electron chi connectivity index (χ4n) is 1.61. The summed E-state index contributed by atoms with van der Waals surface area (Å²) in [6.45, 7) is 4.08. The predicted octanol–water partition coefficient (Wildman–Crippen LogP) is 2.41. The molecular formula is C14H22N2O2S. The number of carbonyl (C=O) groups excluding carboxylic acids is 1. The fraction of sp³-hybridized carbons (Fsp3) is 0.500. The number of nitrogen functional groups attached to an aromatic ring is 1. The maximum absolute atomic E-state index is 11.8. The Bertz CT molecular complexity index is 424. The molecule has 0 aliphatic heterocycles. The molecule has 0 spiro atoms. The number of aliphatic hydroxyl groups excluding tert-OH is 1. The molecule has 0 fully saturated rings. The number of nitrogens with one attached hydrogen (secondary N) is 1. The van der Waals surface area contributed by atoms with Gasteiger partial charge < -0.3 is 16.2 Å².